The molecule has 9 nitrogen and oxygen atoms in total. The molecule has 4 rings (SSSR count). The molecule has 0 saturated carbocycles. The normalized spacial score (nSPS) is 13.2. The van der Waals surface area contributed by atoms with Crippen LogP contribution < -0.4 is 19.1 Å². The number of benzene rings is 3. The summed E-state index contributed by atoms with van der Waals surface area (Å²) >= 11 is 3.49. The van der Waals surface area contributed by atoms with E-state index in [-0.39, 0.29) is 37.7 Å². The standard InChI is InChI=1S/C31H36BrN3O6S/c1-3-33-31(37)27(20-23-9-5-4-6-10-23)34(22-24-11-7-12-25(32)19-24)30(36)13-8-16-35(42(2,38)39)26-14-15-28-29(21-26)41-18-17-40-28/h4-7,9-12,14-15,19,21,27H,3,8,13,16-18,20,22H2,1-2H3,(H,33,37). The van der Waals surface area contributed by atoms with Gasteiger partial charge >= 0.3 is 0 Å². The van der Waals surface area contributed by atoms with Crippen LogP contribution in [0.2, 0.25) is 0 Å². The van der Waals surface area contributed by atoms with Crippen molar-refractivity contribution in [2.24, 2.45) is 0 Å². The fraction of sp³-hybridized carbons (Fsp3) is 0.355. The Hall–Kier alpha value is -3.57. The third-order valence-corrected chi connectivity index (χ3v) is 8.52. The van der Waals surface area contributed by atoms with E-state index in [9.17, 15) is 18.0 Å². The number of amides is 2. The van der Waals surface area contributed by atoms with Crippen LogP contribution in [-0.2, 0) is 32.6 Å². The van der Waals surface area contributed by atoms with Crippen LogP contribution in [-0.4, -0.2) is 63.7 Å². The number of hydrogen-bond acceptors (Lipinski definition) is 6. The first-order chi connectivity index (χ1) is 20.2. The highest BCUT2D eigenvalue weighted by Gasteiger charge is 2.30. The lowest BCUT2D eigenvalue weighted by Gasteiger charge is -2.32. The Kier molecular flexibility index (Phi) is 10.9. The predicted octanol–water partition coefficient (Wildman–Crippen LogP) is 4.54. The topological polar surface area (TPSA) is 105 Å². The number of carbonyl (C=O) groups excluding carboxylic acids is 2. The van der Waals surface area contributed by atoms with E-state index in [1.165, 1.54) is 4.31 Å². The van der Waals surface area contributed by atoms with E-state index in [2.05, 4.69) is 21.2 Å². The summed E-state index contributed by atoms with van der Waals surface area (Å²) in [5.41, 5.74) is 2.24. The smallest absolute Gasteiger partial charge is 0.243 e. The number of likely N-dealkylation sites (N-methyl/N-ethyl adjacent to an activating group) is 1. The largest absolute Gasteiger partial charge is 0.486 e. The van der Waals surface area contributed by atoms with E-state index in [0.717, 1.165) is 21.9 Å². The molecule has 11 heteroatoms. The van der Waals surface area contributed by atoms with Crippen molar-refractivity contribution in [2.75, 3.05) is 36.9 Å². The zero-order valence-electron chi connectivity index (χ0n) is 23.8. The summed E-state index contributed by atoms with van der Waals surface area (Å²) in [5.74, 6) is 0.567. The van der Waals surface area contributed by atoms with Gasteiger partial charge in [-0.15, -0.1) is 0 Å². The summed E-state index contributed by atoms with van der Waals surface area (Å²) in [4.78, 5) is 28.8. The van der Waals surface area contributed by atoms with Crippen LogP contribution in [0.3, 0.4) is 0 Å². The van der Waals surface area contributed by atoms with E-state index in [4.69, 9.17) is 9.47 Å². The van der Waals surface area contributed by atoms with E-state index in [0.29, 0.717) is 43.4 Å². The summed E-state index contributed by atoms with van der Waals surface area (Å²) in [6, 6.07) is 21.5. The molecule has 2 amide bonds. The highest BCUT2D eigenvalue weighted by atomic mass is 79.9. The third kappa shape index (κ3) is 8.48. The van der Waals surface area contributed by atoms with E-state index in [1.54, 1.807) is 23.1 Å². The van der Waals surface area contributed by atoms with Crippen LogP contribution in [0, 0.1) is 0 Å². The quantitative estimate of drug-likeness (QED) is 0.289. The van der Waals surface area contributed by atoms with Gasteiger partial charge in [-0.3, -0.25) is 13.9 Å². The summed E-state index contributed by atoms with van der Waals surface area (Å²) in [5, 5.41) is 2.89. The fourth-order valence-corrected chi connectivity index (χ4v) is 6.27. The van der Waals surface area contributed by atoms with Crippen LogP contribution >= 0.6 is 15.9 Å². The Morgan fingerprint density at radius 1 is 0.952 bits per heavy atom. The second-order valence-corrected chi connectivity index (χ2v) is 12.8. The molecule has 1 atom stereocenters. The van der Waals surface area contributed by atoms with Gasteiger partial charge in [0.05, 0.1) is 11.9 Å². The maximum absolute atomic E-state index is 13.9. The van der Waals surface area contributed by atoms with Gasteiger partial charge in [0.25, 0.3) is 0 Å². The Labute approximate surface area is 256 Å². The maximum atomic E-state index is 13.9. The molecule has 0 aliphatic carbocycles. The summed E-state index contributed by atoms with van der Waals surface area (Å²) in [7, 11) is -3.65. The molecule has 3 aromatic carbocycles. The number of halogens is 1. The summed E-state index contributed by atoms with van der Waals surface area (Å²) in [6.07, 6.45) is 1.79. The molecular weight excluding hydrogens is 622 g/mol. The number of fused-ring (bicyclic) bond motifs is 1. The molecule has 0 spiro atoms. The molecule has 0 aromatic heterocycles. The van der Waals surface area contributed by atoms with Crippen LogP contribution in [0.1, 0.15) is 30.9 Å². The Morgan fingerprint density at radius 2 is 1.67 bits per heavy atom. The number of hydrogen-bond donors (Lipinski definition) is 1. The first-order valence-electron chi connectivity index (χ1n) is 13.9. The predicted molar refractivity (Wildman–Crippen MR) is 166 cm³/mol. The fourth-order valence-electron chi connectivity index (χ4n) is 4.87. The summed E-state index contributed by atoms with van der Waals surface area (Å²) < 4.78 is 38.8. The van der Waals surface area contributed by atoms with Gasteiger partial charge in [0.1, 0.15) is 19.3 Å². The zero-order chi connectivity index (χ0) is 30.1. The minimum Gasteiger partial charge on any atom is -0.486 e. The van der Waals surface area contributed by atoms with Gasteiger partial charge in [0.2, 0.25) is 21.8 Å². The van der Waals surface area contributed by atoms with Crippen LogP contribution in [0.5, 0.6) is 11.5 Å². The first kappa shape index (κ1) is 31.4. The SMILES string of the molecule is CCNC(=O)C(Cc1ccccc1)N(Cc1cccc(Br)c1)C(=O)CCCN(c1ccc2c(c1)OCCO2)S(C)(=O)=O. The number of nitrogens with one attached hydrogen (secondary N) is 1. The molecule has 1 unspecified atom stereocenters. The Morgan fingerprint density at radius 3 is 2.36 bits per heavy atom. The number of carbonyl (C=O) groups is 2. The van der Waals surface area contributed by atoms with Gasteiger partial charge in [-0.1, -0.05) is 58.4 Å². The van der Waals surface area contributed by atoms with Crippen molar-refractivity contribution in [2.45, 2.75) is 38.8 Å². The van der Waals surface area contributed by atoms with Crippen LogP contribution in [0.15, 0.2) is 77.3 Å². The Bertz CT molecular complexity index is 1480. The molecule has 1 heterocycles. The van der Waals surface area contributed by atoms with Gasteiger partial charge in [0.15, 0.2) is 11.5 Å². The van der Waals surface area contributed by atoms with Gasteiger partial charge in [-0.25, -0.2) is 8.42 Å². The summed E-state index contributed by atoms with van der Waals surface area (Å²) in [6.45, 7) is 3.40. The molecule has 0 bridgehead atoms. The monoisotopic (exact) mass is 657 g/mol. The zero-order valence-corrected chi connectivity index (χ0v) is 26.2. The number of anilines is 1. The number of rotatable bonds is 13. The van der Waals surface area contributed by atoms with Crippen molar-refractivity contribution in [3.05, 3.63) is 88.4 Å². The molecule has 1 N–H and O–H groups in total. The molecular formula is C31H36BrN3O6S. The minimum absolute atomic E-state index is 0.0509. The van der Waals surface area contributed by atoms with Crippen LogP contribution in [0.25, 0.3) is 0 Å². The maximum Gasteiger partial charge on any atom is 0.243 e. The van der Waals surface area contributed by atoms with Crippen LogP contribution in [0.4, 0.5) is 5.69 Å². The van der Waals surface area contributed by atoms with Crippen molar-refractivity contribution in [3.63, 3.8) is 0 Å². The van der Waals surface area contributed by atoms with E-state index >= 15 is 0 Å². The van der Waals surface area contributed by atoms with Gasteiger partial charge < -0.3 is 19.7 Å². The Balaban J connectivity index is 1.56. The molecule has 0 saturated heterocycles. The molecule has 224 valence electrons. The second-order valence-electron chi connectivity index (χ2n) is 10.0. The van der Waals surface area contributed by atoms with E-state index < -0.39 is 16.1 Å². The average Bonchev–Trinajstić information content (AvgIpc) is 2.97. The molecule has 0 radical (unpaired) electrons. The molecule has 1 aliphatic rings. The van der Waals surface area contributed by atoms with E-state index in [1.807, 2.05) is 61.5 Å². The molecule has 42 heavy (non-hydrogen) atoms. The average molecular weight is 659 g/mol. The second kappa shape index (κ2) is 14.6. The van der Waals surface area contributed by atoms with Gasteiger partial charge in [-0.2, -0.15) is 0 Å². The van der Waals surface area contributed by atoms with Gasteiger partial charge in [0, 0.05) is 43.0 Å². The number of sulfonamides is 1. The van der Waals surface area contributed by atoms with Crippen molar-refractivity contribution < 1.29 is 27.5 Å². The van der Waals surface area contributed by atoms with Crippen molar-refractivity contribution in [3.8, 4) is 11.5 Å². The molecule has 0 fully saturated rings. The number of ether oxygens (including phenoxy) is 2. The first-order valence-corrected chi connectivity index (χ1v) is 16.5. The van der Waals surface area contributed by atoms with Crippen molar-refractivity contribution >= 4 is 43.5 Å². The third-order valence-electron chi connectivity index (χ3n) is 6.83. The minimum atomic E-state index is -3.65. The lowest BCUT2D eigenvalue weighted by Crippen LogP contribution is -2.50. The van der Waals surface area contributed by atoms with Gasteiger partial charge in [-0.05, 0) is 48.7 Å². The lowest BCUT2D eigenvalue weighted by molar-refractivity contribution is -0.141. The number of nitrogens with zero attached hydrogens (tertiary/aromatic N) is 2. The highest BCUT2D eigenvalue weighted by molar-refractivity contribution is 9.10. The highest BCUT2D eigenvalue weighted by Crippen LogP contribution is 2.35. The molecule has 3 aromatic rings. The van der Waals surface area contributed by atoms with Crippen molar-refractivity contribution in [1.29, 1.82) is 0 Å². The van der Waals surface area contributed by atoms with Crippen molar-refractivity contribution in [1.82, 2.24) is 10.2 Å². The molecule has 1 aliphatic heterocycles. The lowest BCUT2D eigenvalue weighted by atomic mass is 10.0.